The topological polar surface area (TPSA) is 137 Å². The van der Waals surface area contributed by atoms with E-state index in [-0.39, 0.29) is 35.5 Å². The molecule has 1 N–H and O–H groups in total. The zero-order valence-corrected chi connectivity index (χ0v) is 17.8. The van der Waals surface area contributed by atoms with Gasteiger partial charge in [-0.1, -0.05) is 23.7 Å². The zero-order valence-electron chi connectivity index (χ0n) is 16.2. The summed E-state index contributed by atoms with van der Waals surface area (Å²) < 4.78 is 26.9. The number of amides is 1. The molecule has 12 heteroatoms. The van der Waals surface area contributed by atoms with Crippen molar-refractivity contribution in [2.75, 3.05) is 38.0 Å². The molecule has 0 bridgehead atoms. The highest BCUT2D eigenvalue weighted by atomic mass is 35.5. The van der Waals surface area contributed by atoms with Crippen LogP contribution < -0.4 is 5.32 Å². The zero-order chi connectivity index (χ0) is 22.6. The lowest BCUT2D eigenvalue weighted by Crippen LogP contribution is -2.50. The molecule has 1 amide bonds. The van der Waals surface area contributed by atoms with Gasteiger partial charge in [0.1, 0.15) is 6.07 Å². The molecule has 2 aromatic rings. The second-order valence-electron chi connectivity index (χ2n) is 6.76. The Kier molecular flexibility index (Phi) is 6.87. The van der Waals surface area contributed by atoms with Gasteiger partial charge in [-0.2, -0.15) is 9.57 Å². The summed E-state index contributed by atoms with van der Waals surface area (Å²) in [5, 5.41) is 23.0. The number of sulfonamides is 1. The van der Waals surface area contributed by atoms with Gasteiger partial charge in [-0.25, -0.2) is 8.42 Å². The van der Waals surface area contributed by atoms with Crippen LogP contribution in [0.15, 0.2) is 47.4 Å². The molecule has 0 spiro atoms. The standard InChI is InChI=1S/C19H18ClN5O5S/c20-16-11-15(6-5-14(16)12-21)22-19(26)13-23-7-9-24(10-8-23)31(29,30)18-4-2-1-3-17(18)25(27)28/h1-6,11H,7-10,13H2,(H,22,26). The van der Waals surface area contributed by atoms with Crippen LogP contribution >= 0.6 is 11.6 Å². The molecule has 0 radical (unpaired) electrons. The molecular formula is C19H18ClN5O5S. The van der Waals surface area contributed by atoms with Gasteiger partial charge in [0.15, 0.2) is 4.90 Å². The Labute approximate surface area is 183 Å². The fourth-order valence-electron chi connectivity index (χ4n) is 3.18. The predicted molar refractivity (Wildman–Crippen MR) is 113 cm³/mol. The molecule has 1 aliphatic rings. The molecule has 0 saturated carbocycles. The van der Waals surface area contributed by atoms with Crippen LogP contribution in [-0.2, 0) is 14.8 Å². The third-order valence-electron chi connectivity index (χ3n) is 4.75. The summed E-state index contributed by atoms with van der Waals surface area (Å²) in [7, 11) is -4.03. The number of halogens is 1. The van der Waals surface area contributed by atoms with Crippen LogP contribution in [0.25, 0.3) is 0 Å². The molecule has 162 valence electrons. The lowest BCUT2D eigenvalue weighted by Gasteiger charge is -2.33. The van der Waals surface area contributed by atoms with Crippen LogP contribution in [0, 0.1) is 21.4 Å². The van der Waals surface area contributed by atoms with Crippen LogP contribution in [0.4, 0.5) is 11.4 Å². The molecule has 0 aromatic heterocycles. The first-order chi connectivity index (χ1) is 14.7. The summed E-state index contributed by atoms with van der Waals surface area (Å²) in [6.45, 7) is 0.828. The molecule has 2 aromatic carbocycles. The number of rotatable bonds is 6. The number of nitrogens with zero attached hydrogens (tertiary/aromatic N) is 4. The first-order valence-electron chi connectivity index (χ1n) is 9.18. The Morgan fingerprint density at radius 2 is 1.87 bits per heavy atom. The van der Waals surface area contributed by atoms with Crippen molar-refractivity contribution < 1.29 is 18.1 Å². The Morgan fingerprint density at radius 3 is 2.48 bits per heavy atom. The molecule has 3 rings (SSSR count). The van der Waals surface area contributed by atoms with E-state index >= 15 is 0 Å². The summed E-state index contributed by atoms with van der Waals surface area (Å²) in [4.78, 5) is 24.2. The van der Waals surface area contributed by atoms with Gasteiger partial charge in [0.2, 0.25) is 15.9 Å². The van der Waals surface area contributed by atoms with E-state index in [2.05, 4.69) is 5.32 Å². The van der Waals surface area contributed by atoms with E-state index in [9.17, 15) is 23.3 Å². The number of carbonyl (C=O) groups excluding carboxylic acids is 1. The van der Waals surface area contributed by atoms with Crippen molar-refractivity contribution in [3.63, 3.8) is 0 Å². The lowest BCUT2D eigenvalue weighted by molar-refractivity contribution is -0.387. The quantitative estimate of drug-likeness (QED) is 0.511. The first-order valence-corrected chi connectivity index (χ1v) is 11.0. The average Bonchev–Trinajstić information content (AvgIpc) is 2.74. The van der Waals surface area contributed by atoms with E-state index < -0.39 is 20.6 Å². The summed E-state index contributed by atoms with van der Waals surface area (Å²) in [5.41, 5.74) is 0.285. The number of hydrogen-bond acceptors (Lipinski definition) is 7. The Hall–Kier alpha value is -3.04. The Morgan fingerprint density at radius 1 is 1.19 bits per heavy atom. The van der Waals surface area contributed by atoms with Crippen molar-refractivity contribution in [2.24, 2.45) is 0 Å². The minimum Gasteiger partial charge on any atom is -0.325 e. The third-order valence-corrected chi connectivity index (χ3v) is 7.01. The second kappa shape index (κ2) is 9.40. The van der Waals surface area contributed by atoms with Crippen molar-refractivity contribution in [1.29, 1.82) is 5.26 Å². The van der Waals surface area contributed by atoms with E-state index in [0.29, 0.717) is 24.3 Å². The monoisotopic (exact) mass is 463 g/mol. The summed E-state index contributed by atoms with van der Waals surface area (Å²) in [6, 6.07) is 11.7. The van der Waals surface area contributed by atoms with Gasteiger partial charge in [0, 0.05) is 37.9 Å². The number of nitrogens with one attached hydrogen (secondary N) is 1. The van der Waals surface area contributed by atoms with Crippen LogP contribution in [0.2, 0.25) is 5.02 Å². The van der Waals surface area contributed by atoms with Crippen LogP contribution in [0.5, 0.6) is 0 Å². The Bertz CT molecular complexity index is 1160. The van der Waals surface area contributed by atoms with E-state index in [1.807, 2.05) is 6.07 Å². The molecular weight excluding hydrogens is 446 g/mol. The normalized spacial score (nSPS) is 15.2. The maximum absolute atomic E-state index is 12.9. The van der Waals surface area contributed by atoms with Crippen LogP contribution in [0.1, 0.15) is 5.56 Å². The number of carbonyl (C=O) groups is 1. The van der Waals surface area contributed by atoms with Crippen molar-refractivity contribution in [1.82, 2.24) is 9.21 Å². The van der Waals surface area contributed by atoms with Gasteiger partial charge in [0.25, 0.3) is 5.69 Å². The van der Waals surface area contributed by atoms with Crippen molar-refractivity contribution in [2.45, 2.75) is 4.90 Å². The van der Waals surface area contributed by atoms with Crippen LogP contribution in [-0.4, -0.2) is 61.2 Å². The number of nitro groups is 1. The van der Waals surface area contributed by atoms with Gasteiger partial charge in [-0.15, -0.1) is 0 Å². The predicted octanol–water partition coefficient (Wildman–Crippen LogP) is 2.06. The minimum atomic E-state index is -4.03. The number of anilines is 1. The maximum Gasteiger partial charge on any atom is 0.289 e. The smallest absolute Gasteiger partial charge is 0.289 e. The first kappa shape index (κ1) is 22.6. The number of para-hydroxylation sites is 1. The summed E-state index contributed by atoms with van der Waals surface area (Å²) >= 11 is 5.96. The molecule has 0 atom stereocenters. The molecule has 0 aliphatic carbocycles. The lowest BCUT2D eigenvalue weighted by atomic mass is 10.2. The summed E-state index contributed by atoms with van der Waals surface area (Å²) in [5.74, 6) is -0.309. The Balaban J connectivity index is 1.59. The molecule has 0 unspecified atom stereocenters. The number of hydrogen-bond donors (Lipinski definition) is 1. The largest absolute Gasteiger partial charge is 0.325 e. The average molecular weight is 464 g/mol. The second-order valence-corrected chi connectivity index (χ2v) is 9.07. The molecule has 1 fully saturated rings. The highest BCUT2D eigenvalue weighted by Gasteiger charge is 2.33. The van der Waals surface area contributed by atoms with Crippen LogP contribution in [0.3, 0.4) is 0 Å². The SMILES string of the molecule is N#Cc1ccc(NC(=O)CN2CCN(S(=O)(=O)c3ccccc3[N+](=O)[O-])CC2)cc1Cl. The molecule has 31 heavy (non-hydrogen) atoms. The van der Waals surface area contributed by atoms with Gasteiger partial charge < -0.3 is 5.32 Å². The number of piperazine rings is 1. The highest BCUT2D eigenvalue weighted by molar-refractivity contribution is 7.89. The summed E-state index contributed by atoms with van der Waals surface area (Å²) in [6.07, 6.45) is 0. The van der Waals surface area contributed by atoms with Gasteiger partial charge in [-0.05, 0) is 24.3 Å². The van der Waals surface area contributed by atoms with E-state index in [0.717, 1.165) is 6.07 Å². The van der Waals surface area contributed by atoms with Crippen molar-refractivity contribution >= 4 is 38.9 Å². The molecule has 10 nitrogen and oxygen atoms in total. The number of nitro benzene ring substituents is 1. The molecule has 1 aliphatic heterocycles. The fraction of sp³-hybridized carbons (Fsp3) is 0.263. The van der Waals surface area contributed by atoms with Gasteiger partial charge >= 0.3 is 0 Å². The third kappa shape index (κ3) is 5.18. The van der Waals surface area contributed by atoms with Crippen molar-refractivity contribution in [3.05, 3.63) is 63.2 Å². The fourth-order valence-corrected chi connectivity index (χ4v) is 4.98. The number of benzene rings is 2. The van der Waals surface area contributed by atoms with E-state index in [1.165, 1.54) is 34.6 Å². The minimum absolute atomic E-state index is 0.0387. The van der Waals surface area contributed by atoms with E-state index in [4.69, 9.17) is 16.9 Å². The maximum atomic E-state index is 12.9. The highest BCUT2D eigenvalue weighted by Crippen LogP contribution is 2.27. The molecule has 1 heterocycles. The van der Waals surface area contributed by atoms with Gasteiger partial charge in [-0.3, -0.25) is 19.8 Å². The van der Waals surface area contributed by atoms with Crippen molar-refractivity contribution in [3.8, 4) is 6.07 Å². The van der Waals surface area contributed by atoms with E-state index in [1.54, 1.807) is 11.0 Å². The molecule has 1 saturated heterocycles. The number of nitriles is 1. The van der Waals surface area contributed by atoms with Gasteiger partial charge in [0.05, 0.1) is 22.1 Å².